The van der Waals surface area contributed by atoms with Crippen LogP contribution in [-0.4, -0.2) is 40.6 Å². The zero-order chi connectivity index (χ0) is 20.5. The van der Waals surface area contributed by atoms with Crippen LogP contribution in [0.1, 0.15) is 5.56 Å². The molecule has 0 spiro atoms. The van der Waals surface area contributed by atoms with E-state index in [1.807, 2.05) is 19.1 Å². The third-order valence-corrected chi connectivity index (χ3v) is 3.79. The second-order valence-corrected chi connectivity index (χ2v) is 6.13. The Labute approximate surface area is 167 Å². The number of para-hydroxylation sites is 1. The topological polar surface area (TPSA) is 101 Å². The highest BCUT2D eigenvalue weighted by Gasteiger charge is 2.06. The predicted molar refractivity (Wildman–Crippen MR) is 108 cm³/mol. The SMILES string of the molecule is Cc1ccnc(Nc2cc(NCCNC(=O)COc3ccccc3F)ncn2)c1. The molecule has 2 heterocycles. The van der Waals surface area contributed by atoms with Gasteiger partial charge in [0.15, 0.2) is 18.2 Å². The number of rotatable bonds is 9. The van der Waals surface area contributed by atoms with E-state index in [0.29, 0.717) is 30.5 Å². The number of pyridine rings is 1. The Bertz CT molecular complexity index is 969. The summed E-state index contributed by atoms with van der Waals surface area (Å²) in [5, 5.41) is 8.89. The molecule has 0 saturated heterocycles. The fourth-order valence-corrected chi connectivity index (χ4v) is 2.41. The van der Waals surface area contributed by atoms with Crippen molar-refractivity contribution in [2.75, 3.05) is 30.3 Å². The number of hydrogen-bond acceptors (Lipinski definition) is 7. The lowest BCUT2D eigenvalue weighted by Crippen LogP contribution is -2.32. The van der Waals surface area contributed by atoms with Crippen LogP contribution in [0, 0.1) is 12.7 Å². The number of nitrogens with zero attached hydrogens (tertiary/aromatic N) is 3. The van der Waals surface area contributed by atoms with Gasteiger partial charge in [-0.2, -0.15) is 0 Å². The minimum Gasteiger partial charge on any atom is -0.481 e. The smallest absolute Gasteiger partial charge is 0.258 e. The Morgan fingerprint density at radius 3 is 2.66 bits per heavy atom. The maximum Gasteiger partial charge on any atom is 0.258 e. The summed E-state index contributed by atoms with van der Waals surface area (Å²) in [6.07, 6.45) is 3.15. The fraction of sp³-hybridized carbons (Fsp3) is 0.200. The van der Waals surface area contributed by atoms with Crippen molar-refractivity contribution in [1.29, 1.82) is 0 Å². The molecule has 3 rings (SSSR count). The first kappa shape index (κ1) is 20.0. The van der Waals surface area contributed by atoms with Crippen molar-refractivity contribution in [1.82, 2.24) is 20.3 Å². The van der Waals surface area contributed by atoms with E-state index in [9.17, 15) is 9.18 Å². The fourth-order valence-electron chi connectivity index (χ4n) is 2.41. The number of amides is 1. The lowest BCUT2D eigenvalue weighted by molar-refractivity contribution is -0.123. The molecule has 0 aliphatic rings. The molecule has 8 nitrogen and oxygen atoms in total. The summed E-state index contributed by atoms with van der Waals surface area (Å²) in [4.78, 5) is 24.3. The second kappa shape index (κ2) is 9.98. The van der Waals surface area contributed by atoms with Crippen LogP contribution in [0.5, 0.6) is 5.75 Å². The van der Waals surface area contributed by atoms with Crippen LogP contribution in [-0.2, 0) is 4.79 Å². The molecule has 29 heavy (non-hydrogen) atoms. The number of aryl methyl sites for hydroxylation is 1. The summed E-state index contributed by atoms with van der Waals surface area (Å²) in [6, 6.07) is 11.5. The number of hydrogen-bond donors (Lipinski definition) is 3. The van der Waals surface area contributed by atoms with Gasteiger partial charge in [-0.25, -0.2) is 19.3 Å². The number of anilines is 3. The molecule has 3 N–H and O–H groups in total. The van der Waals surface area contributed by atoms with Crippen LogP contribution in [0.4, 0.5) is 21.8 Å². The van der Waals surface area contributed by atoms with E-state index in [4.69, 9.17) is 4.74 Å². The van der Waals surface area contributed by atoms with Gasteiger partial charge in [-0.1, -0.05) is 12.1 Å². The molecular formula is C20H21FN6O2. The molecule has 0 aliphatic heterocycles. The Morgan fingerprint density at radius 2 is 1.83 bits per heavy atom. The Hall–Kier alpha value is -3.75. The third-order valence-electron chi connectivity index (χ3n) is 3.79. The lowest BCUT2D eigenvalue weighted by Gasteiger charge is -2.10. The van der Waals surface area contributed by atoms with E-state index in [1.165, 1.54) is 18.5 Å². The normalized spacial score (nSPS) is 10.3. The monoisotopic (exact) mass is 396 g/mol. The Kier molecular flexibility index (Phi) is 6.88. The molecule has 0 radical (unpaired) electrons. The first-order valence-electron chi connectivity index (χ1n) is 9.00. The van der Waals surface area contributed by atoms with Crippen LogP contribution < -0.4 is 20.7 Å². The van der Waals surface area contributed by atoms with Crippen LogP contribution >= 0.6 is 0 Å². The number of aromatic nitrogens is 3. The van der Waals surface area contributed by atoms with Crippen molar-refractivity contribution in [3.63, 3.8) is 0 Å². The summed E-state index contributed by atoms with van der Waals surface area (Å²) < 4.78 is 18.6. The molecule has 1 amide bonds. The molecule has 3 aromatic rings. The van der Waals surface area contributed by atoms with E-state index in [1.54, 1.807) is 24.4 Å². The van der Waals surface area contributed by atoms with Crippen molar-refractivity contribution >= 4 is 23.4 Å². The Morgan fingerprint density at radius 1 is 1.03 bits per heavy atom. The molecule has 150 valence electrons. The number of halogens is 1. The first-order chi connectivity index (χ1) is 14.1. The molecule has 1 aromatic carbocycles. The van der Waals surface area contributed by atoms with Crippen molar-refractivity contribution in [3.8, 4) is 5.75 Å². The summed E-state index contributed by atoms with van der Waals surface area (Å²) in [7, 11) is 0. The van der Waals surface area contributed by atoms with Crippen LogP contribution in [0.15, 0.2) is 55.0 Å². The van der Waals surface area contributed by atoms with E-state index < -0.39 is 5.82 Å². The average Bonchev–Trinajstić information content (AvgIpc) is 2.71. The van der Waals surface area contributed by atoms with Gasteiger partial charge in [-0.05, 0) is 36.8 Å². The van der Waals surface area contributed by atoms with Crippen molar-refractivity contribution in [2.24, 2.45) is 0 Å². The molecule has 0 fully saturated rings. The Balaban J connectivity index is 1.40. The molecule has 0 saturated carbocycles. The van der Waals surface area contributed by atoms with Gasteiger partial charge in [0.2, 0.25) is 0 Å². The van der Waals surface area contributed by atoms with Crippen molar-refractivity contribution < 1.29 is 13.9 Å². The van der Waals surface area contributed by atoms with Gasteiger partial charge >= 0.3 is 0 Å². The maximum atomic E-state index is 13.4. The van der Waals surface area contributed by atoms with E-state index in [-0.39, 0.29) is 18.3 Å². The predicted octanol–water partition coefficient (Wildman–Crippen LogP) is 2.67. The number of ether oxygens (including phenoxy) is 1. The van der Waals surface area contributed by atoms with Gasteiger partial charge < -0.3 is 20.7 Å². The van der Waals surface area contributed by atoms with Gasteiger partial charge in [0.1, 0.15) is 23.8 Å². The standard InChI is InChI=1S/C20H21FN6O2/c1-14-6-7-22-18(10-14)27-19-11-17(25-13-26-19)23-8-9-24-20(28)12-29-16-5-3-2-4-15(16)21/h2-7,10-11,13H,8-9,12H2,1H3,(H,24,28)(H2,22,23,25,26,27). The quantitative estimate of drug-likeness (QED) is 0.478. The summed E-state index contributed by atoms with van der Waals surface area (Å²) in [5.41, 5.74) is 1.09. The largest absolute Gasteiger partial charge is 0.481 e. The van der Waals surface area contributed by atoms with Gasteiger partial charge in [0, 0.05) is 25.4 Å². The number of benzene rings is 1. The summed E-state index contributed by atoms with van der Waals surface area (Å²) >= 11 is 0. The molecule has 9 heteroatoms. The van der Waals surface area contributed by atoms with Crippen LogP contribution in [0.2, 0.25) is 0 Å². The highest BCUT2D eigenvalue weighted by Crippen LogP contribution is 2.15. The number of nitrogens with one attached hydrogen (secondary N) is 3. The molecule has 0 atom stereocenters. The number of carbonyl (C=O) groups is 1. The highest BCUT2D eigenvalue weighted by atomic mass is 19.1. The minimum absolute atomic E-state index is 0.0462. The first-order valence-corrected chi connectivity index (χ1v) is 9.00. The molecule has 2 aromatic heterocycles. The highest BCUT2D eigenvalue weighted by molar-refractivity contribution is 5.77. The molecular weight excluding hydrogens is 375 g/mol. The number of carbonyl (C=O) groups excluding carboxylic acids is 1. The van der Waals surface area contributed by atoms with E-state index >= 15 is 0 Å². The van der Waals surface area contributed by atoms with Gasteiger partial charge in [-0.15, -0.1) is 0 Å². The van der Waals surface area contributed by atoms with Gasteiger partial charge in [0.05, 0.1) is 0 Å². The van der Waals surface area contributed by atoms with Crippen molar-refractivity contribution in [2.45, 2.75) is 6.92 Å². The van der Waals surface area contributed by atoms with E-state index in [2.05, 4.69) is 30.9 Å². The van der Waals surface area contributed by atoms with Crippen LogP contribution in [0.25, 0.3) is 0 Å². The summed E-state index contributed by atoms with van der Waals surface area (Å²) in [6.45, 7) is 2.53. The van der Waals surface area contributed by atoms with Crippen molar-refractivity contribution in [3.05, 3.63) is 66.4 Å². The summed E-state index contributed by atoms with van der Waals surface area (Å²) in [5.74, 6) is 1.10. The van der Waals surface area contributed by atoms with Gasteiger partial charge in [0.25, 0.3) is 5.91 Å². The second-order valence-electron chi connectivity index (χ2n) is 6.13. The molecule has 0 aliphatic carbocycles. The minimum atomic E-state index is -0.504. The lowest BCUT2D eigenvalue weighted by atomic mass is 10.3. The maximum absolute atomic E-state index is 13.4. The average molecular weight is 396 g/mol. The molecule has 0 bridgehead atoms. The van der Waals surface area contributed by atoms with Gasteiger partial charge in [-0.3, -0.25) is 4.79 Å². The zero-order valence-electron chi connectivity index (χ0n) is 15.9. The zero-order valence-corrected chi connectivity index (χ0v) is 15.9. The van der Waals surface area contributed by atoms with E-state index in [0.717, 1.165) is 5.56 Å². The van der Waals surface area contributed by atoms with Crippen LogP contribution in [0.3, 0.4) is 0 Å². The molecule has 0 unspecified atom stereocenters. The third kappa shape index (κ3) is 6.42.